The van der Waals surface area contributed by atoms with Crippen molar-refractivity contribution in [1.82, 2.24) is 20.4 Å². The number of rotatable bonds is 6. The van der Waals surface area contributed by atoms with E-state index in [9.17, 15) is 0 Å². The van der Waals surface area contributed by atoms with E-state index in [-0.39, 0.29) is 0 Å². The average molecular weight is 291 g/mol. The number of hydrogen-bond donors (Lipinski definition) is 2. The SMILES string of the molecule is CCC1(CNC(=NC)NCCc2cnn(C)c2)CCCC1. The third-order valence-electron chi connectivity index (χ3n) is 4.73. The molecule has 0 bridgehead atoms. The van der Waals surface area contributed by atoms with Crippen molar-refractivity contribution < 1.29 is 0 Å². The van der Waals surface area contributed by atoms with Gasteiger partial charge in [0.15, 0.2) is 5.96 Å². The van der Waals surface area contributed by atoms with Crippen LogP contribution in [0.25, 0.3) is 0 Å². The maximum absolute atomic E-state index is 4.32. The minimum atomic E-state index is 0.487. The second-order valence-corrected chi connectivity index (χ2v) is 6.19. The maximum atomic E-state index is 4.32. The molecule has 0 saturated heterocycles. The molecule has 1 saturated carbocycles. The Balaban J connectivity index is 1.73. The van der Waals surface area contributed by atoms with Gasteiger partial charge in [0.2, 0.25) is 0 Å². The van der Waals surface area contributed by atoms with E-state index in [2.05, 4.69) is 33.8 Å². The number of aliphatic imine (C=N–C) groups is 1. The molecular formula is C16H29N5. The zero-order valence-electron chi connectivity index (χ0n) is 13.7. The molecular weight excluding hydrogens is 262 g/mol. The van der Waals surface area contributed by atoms with Gasteiger partial charge in [-0.25, -0.2) is 0 Å². The smallest absolute Gasteiger partial charge is 0.191 e. The molecule has 1 heterocycles. The molecule has 1 aliphatic rings. The van der Waals surface area contributed by atoms with Crippen LogP contribution in [0.3, 0.4) is 0 Å². The lowest BCUT2D eigenvalue weighted by Crippen LogP contribution is -2.43. The van der Waals surface area contributed by atoms with E-state index >= 15 is 0 Å². The van der Waals surface area contributed by atoms with Crippen molar-refractivity contribution >= 4 is 5.96 Å². The predicted octanol–water partition coefficient (Wildman–Crippen LogP) is 2.10. The van der Waals surface area contributed by atoms with Gasteiger partial charge in [-0.2, -0.15) is 5.10 Å². The fraction of sp³-hybridized carbons (Fsp3) is 0.750. The Kier molecular flexibility index (Phi) is 5.65. The molecule has 0 spiro atoms. The zero-order chi connectivity index (χ0) is 15.1. The summed E-state index contributed by atoms with van der Waals surface area (Å²) in [6.07, 6.45) is 11.7. The Hall–Kier alpha value is -1.52. The lowest BCUT2D eigenvalue weighted by molar-refractivity contribution is 0.283. The van der Waals surface area contributed by atoms with E-state index in [1.165, 1.54) is 37.7 Å². The predicted molar refractivity (Wildman–Crippen MR) is 87.5 cm³/mol. The first-order valence-corrected chi connectivity index (χ1v) is 8.09. The highest BCUT2D eigenvalue weighted by Crippen LogP contribution is 2.40. The number of aryl methyl sites for hydroxylation is 1. The molecule has 1 aromatic rings. The van der Waals surface area contributed by atoms with Gasteiger partial charge in [-0.15, -0.1) is 0 Å². The molecule has 21 heavy (non-hydrogen) atoms. The summed E-state index contributed by atoms with van der Waals surface area (Å²) in [4.78, 5) is 4.32. The first-order chi connectivity index (χ1) is 10.2. The Morgan fingerprint density at radius 2 is 2.14 bits per heavy atom. The van der Waals surface area contributed by atoms with Crippen LogP contribution in [0.1, 0.15) is 44.6 Å². The summed E-state index contributed by atoms with van der Waals surface area (Å²) in [6, 6.07) is 0. The Morgan fingerprint density at radius 1 is 1.38 bits per heavy atom. The highest BCUT2D eigenvalue weighted by Gasteiger charge is 2.31. The summed E-state index contributed by atoms with van der Waals surface area (Å²) in [5, 5.41) is 11.1. The van der Waals surface area contributed by atoms with Gasteiger partial charge in [-0.05, 0) is 36.7 Å². The first kappa shape index (κ1) is 15.9. The van der Waals surface area contributed by atoms with Gasteiger partial charge in [0.05, 0.1) is 6.20 Å². The van der Waals surface area contributed by atoms with Crippen LogP contribution in [0.5, 0.6) is 0 Å². The monoisotopic (exact) mass is 291 g/mol. The number of aromatic nitrogens is 2. The van der Waals surface area contributed by atoms with Crippen molar-refractivity contribution in [3.8, 4) is 0 Å². The molecule has 0 unspecified atom stereocenters. The number of hydrogen-bond acceptors (Lipinski definition) is 2. The van der Waals surface area contributed by atoms with Crippen LogP contribution in [-0.2, 0) is 13.5 Å². The molecule has 0 atom stereocenters. The quantitative estimate of drug-likeness (QED) is 0.623. The lowest BCUT2D eigenvalue weighted by Gasteiger charge is -2.28. The molecule has 1 fully saturated rings. The van der Waals surface area contributed by atoms with Crippen molar-refractivity contribution in [2.24, 2.45) is 17.5 Å². The van der Waals surface area contributed by atoms with Gasteiger partial charge < -0.3 is 10.6 Å². The van der Waals surface area contributed by atoms with Gasteiger partial charge in [0, 0.05) is 33.4 Å². The maximum Gasteiger partial charge on any atom is 0.191 e. The second-order valence-electron chi connectivity index (χ2n) is 6.19. The van der Waals surface area contributed by atoms with E-state index in [0.717, 1.165) is 25.5 Å². The number of nitrogens with zero attached hydrogens (tertiary/aromatic N) is 3. The largest absolute Gasteiger partial charge is 0.356 e. The summed E-state index contributed by atoms with van der Waals surface area (Å²) in [7, 11) is 3.79. The van der Waals surface area contributed by atoms with Crippen LogP contribution in [0.15, 0.2) is 17.4 Å². The molecule has 1 aromatic heterocycles. The standard InChI is InChI=1S/C16H29N5/c1-4-16(8-5-6-9-16)13-19-15(17-2)18-10-7-14-11-20-21(3)12-14/h11-12H,4-10,13H2,1-3H3,(H2,17,18,19). The van der Waals surface area contributed by atoms with Crippen LogP contribution in [0.2, 0.25) is 0 Å². The molecule has 118 valence electrons. The van der Waals surface area contributed by atoms with Crippen molar-refractivity contribution in [2.45, 2.75) is 45.4 Å². The molecule has 0 aromatic carbocycles. The third kappa shape index (κ3) is 4.48. The van der Waals surface area contributed by atoms with Gasteiger partial charge in [-0.3, -0.25) is 9.67 Å². The lowest BCUT2D eigenvalue weighted by atomic mass is 9.83. The van der Waals surface area contributed by atoms with E-state index in [1.54, 1.807) is 0 Å². The molecule has 2 N–H and O–H groups in total. The van der Waals surface area contributed by atoms with Gasteiger partial charge in [0.1, 0.15) is 0 Å². The van der Waals surface area contributed by atoms with E-state index in [4.69, 9.17) is 0 Å². The van der Waals surface area contributed by atoms with Crippen molar-refractivity contribution in [3.05, 3.63) is 18.0 Å². The van der Waals surface area contributed by atoms with Crippen molar-refractivity contribution in [3.63, 3.8) is 0 Å². The Morgan fingerprint density at radius 3 is 2.71 bits per heavy atom. The van der Waals surface area contributed by atoms with Crippen LogP contribution in [0, 0.1) is 5.41 Å². The van der Waals surface area contributed by atoms with Gasteiger partial charge >= 0.3 is 0 Å². The fourth-order valence-electron chi connectivity index (χ4n) is 3.20. The van der Waals surface area contributed by atoms with E-state index in [0.29, 0.717) is 5.41 Å². The zero-order valence-corrected chi connectivity index (χ0v) is 13.7. The van der Waals surface area contributed by atoms with Crippen LogP contribution >= 0.6 is 0 Å². The minimum Gasteiger partial charge on any atom is -0.356 e. The summed E-state index contributed by atoms with van der Waals surface area (Å²) < 4.78 is 1.84. The fourth-order valence-corrected chi connectivity index (χ4v) is 3.20. The summed E-state index contributed by atoms with van der Waals surface area (Å²) >= 11 is 0. The third-order valence-corrected chi connectivity index (χ3v) is 4.73. The normalized spacial score (nSPS) is 18.0. The summed E-state index contributed by atoms with van der Waals surface area (Å²) in [6.45, 7) is 4.23. The summed E-state index contributed by atoms with van der Waals surface area (Å²) in [5.74, 6) is 0.915. The molecule has 0 aliphatic heterocycles. The van der Waals surface area contributed by atoms with Gasteiger partial charge in [-0.1, -0.05) is 19.8 Å². The van der Waals surface area contributed by atoms with E-state index < -0.39 is 0 Å². The molecule has 5 nitrogen and oxygen atoms in total. The van der Waals surface area contributed by atoms with E-state index in [1.807, 2.05) is 25.0 Å². The Bertz CT molecular complexity index is 457. The van der Waals surface area contributed by atoms with Crippen LogP contribution in [0.4, 0.5) is 0 Å². The van der Waals surface area contributed by atoms with Crippen LogP contribution < -0.4 is 10.6 Å². The topological polar surface area (TPSA) is 54.2 Å². The highest BCUT2D eigenvalue weighted by atomic mass is 15.2. The average Bonchev–Trinajstić information content (AvgIpc) is 3.12. The molecule has 0 radical (unpaired) electrons. The molecule has 2 rings (SSSR count). The molecule has 1 aliphatic carbocycles. The van der Waals surface area contributed by atoms with Crippen LogP contribution in [-0.4, -0.2) is 35.9 Å². The number of guanidine groups is 1. The van der Waals surface area contributed by atoms with Crippen molar-refractivity contribution in [1.29, 1.82) is 0 Å². The Labute approximate surface area is 128 Å². The molecule has 0 amide bonds. The molecule has 5 heteroatoms. The summed E-state index contributed by atoms with van der Waals surface area (Å²) in [5.41, 5.74) is 1.74. The number of nitrogens with one attached hydrogen (secondary N) is 2. The van der Waals surface area contributed by atoms with Gasteiger partial charge in [0.25, 0.3) is 0 Å². The minimum absolute atomic E-state index is 0.487. The highest BCUT2D eigenvalue weighted by molar-refractivity contribution is 5.79. The van der Waals surface area contributed by atoms with Crippen molar-refractivity contribution in [2.75, 3.05) is 20.1 Å². The first-order valence-electron chi connectivity index (χ1n) is 8.09. The second kappa shape index (κ2) is 7.48.